The van der Waals surface area contributed by atoms with E-state index in [9.17, 15) is 4.79 Å². The number of esters is 1. The third-order valence-electron chi connectivity index (χ3n) is 4.70. The Kier molecular flexibility index (Phi) is 3.50. The van der Waals surface area contributed by atoms with E-state index in [4.69, 9.17) is 9.15 Å². The fourth-order valence-corrected chi connectivity index (χ4v) is 3.74. The third kappa shape index (κ3) is 2.12. The summed E-state index contributed by atoms with van der Waals surface area (Å²) < 4.78 is 10.6. The van der Waals surface area contributed by atoms with Crippen molar-refractivity contribution in [2.24, 2.45) is 11.3 Å². The maximum atomic E-state index is 12.2. The molecule has 110 valence electrons. The fraction of sp³-hybridized carbons (Fsp3) is 0.786. The van der Waals surface area contributed by atoms with E-state index in [2.05, 4.69) is 15.1 Å². The average Bonchev–Trinajstić information content (AvgIpc) is 3.11. The van der Waals surface area contributed by atoms with Crippen LogP contribution in [0.2, 0.25) is 0 Å². The van der Waals surface area contributed by atoms with Gasteiger partial charge < -0.3 is 9.15 Å². The van der Waals surface area contributed by atoms with E-state index in [0.717, 1.165) is 38.8 Å². The number of hydrogen-bond acceptors (Lipinski definition) is 6. The first-order chi connectivity index (χ1) is 9.68. The molecule has 0 aromatic carbocycles. The number of methoxy groups -OCH3 is 1. The van der Waals surface area contributed by atoms with Crippen LogP contribution in [-0.2, 0) is 22.5 Å². The third-order valence-corrected chi connectivity index (χ3v) is 4.70. The van der Waals surface area contributed by atoms with Crippen molar-refractivity contribution in [2.45, 2.75) is 39.2 Å². The van der Waals surface area contributed by atoms with E-state index >= 15 is 0 Å². The van der Waals surface area contributed by atoms with Gasteiger partial charge in [0, 0.05) is 19.5 Å². The lowest BCUT2D eigenvalue weighted by Gasteiger charge is -2.25. The van der Waals surface area contributed by atoms with Gasteiger partial charge in [0.25, 0.3) is 0 Å². The molecule has 1 saturated carbocycles. The fourth-order valence-electron chi connectivity index (χ4n) is 3.74. The summed E-state index contributed by atoms with van der Waals surface area (Å²) in [6.45, 7) is 4.28. The molecule has 1 aliphatic carbocycles. The zero-order valence-electron chi connectivity index (χ0n) is 12.1. The zero-order chi connectivity index (χ0) is 14.2. The van der Waals surface area contributed by atoms with Gasteiger partial charge in [0.15, 0.2) is 0 Å². The molecule has 2 heterocycles. The van der Waals surface area contributed by atoms with Crippen molar-refractivity contribution in [2.75, 3.05) is 20.2 Å². The van der Waals surface area contributed by atoms with Gasteiger partial charge in [-0.1, -0.05) is 13.3 Å². The average molecular weight is 279 g/mol. The molecule has 6 heteroatoms. The highest BCUT2D eigenvalue weighted by Crippen LogP contribution is 2.49. The zero-order valence-corrected chi connectivity index (χ0v) is 12.1. The van der Waals surface area contributed by atoms with Crippen molar-refractivity contribution in [3.63, 3.8) is 0 Å². The number of carbonyl (C=O) groups is 1. The Morgan fingerprint density at radius 3 is 3.00 bits per heavy atom. The molecule has 2 fully saturated rings. The number of aromatic nitrogens is 2. The van der Waals surface area contributed by atoms with Gasteiger partial charge in [0.2, 0.25) is 11.8 Å². The molecule has 1 saturated heterocycles. The van der Waals surface area contributed by atoms with Crippen molar-refractivity contribution in [1.29, 1.82) is 0 Å². The molecule has 1 aromatic rings. The van der Waals surface area contributed by atoms with Crippen LogP contribution >= 0.6 is 0 Å². The lowest BCUT2D eigenvalue weighted by molar-refractivity contribution is -0.153. The topological polar surface area (TPSA) is 68.5 Å². The van der Waals surface area contributed by atoms with E-state index in [-0.39, 0.29) is 11.4 Å². The highest BCUT2D eigenvalue weighted by molar-refractivity contribution is 5.78. The maximum absolute atomic E-state index is 12.2. The van der Waals surface area contributed by atoms with Gasteiger partial charge in [-0.25, -0.2) is 0 Å². The van der Waals surface area contributed by atoms with Crippen LogP contribution in [0.4, 0.5) is 0 Å². The Balaban J connectivity index is 1.70. The maximum Gasteiger partial charge on any atom is 0.313 e. The Morgan fingerprint density at radius 1 is 1.50 bits per heavy atom. The van der Waals surface area contributed by atoms with Crippen molar-refractivity contribution < 1.29 is 13.9 Å². The van der Waals surface area contributed by atoms with Crippen molar-refractivity contribution in [3.05, 3.63) is 11.8 Å². The minimum absolute atomic E-state index is 0.0534. The summed E-state index contributed by atoms with van der Waals surface area (Å²) in [7, 11) is 1.49. The molecule has 0 radical (unpaired) electrons. The quantitative estimate of drug-likeness (QED) is 0.776. The summed E-state index contributed by atoms with van der Waals surface area (Å²) in [6.07, 6.45) is 3.91. The number of carbonyl (C=O) groups excluding carboxylic acids is 1. The summed E-state index contributed by atoms with van der Waals surface area (Å²) >= 11 is 0. The van der Waals surface area contributed by atoms with E-state index in [1.54, 1.807) is 0 Å². The summed E-state index contributed by atoms with van der Waals surface area (Å²) in [6, 6.07) is 0. The molecule has 20 heavy (non-hydrogen) atoms. The molecule has 3 rings (SSSR count). The second-order valence-corrected chi connectivity index (χ2v) is 5.85. The van der Waals surface area contributed by atoms with Crippen molar-refractivity contribution in [3.8, 4) is 0 Å². The Morgan fingerprint density at radius 2 is 2.30 bits per heavy atom. The SMILES string of the molecule is CCc1nnc(CN2C[C@H]3CCC[C@]3(C(=O)OC)C2)o1. The molecule has 0 N–H and O–H groups in total. The largest absolute Gasteiger partial charge is 0.469 e. The molecule has 0 spiro atoms. The van der Waals surface area contributed by atoms with Gasteiger partial charge in [0.1, 0.15) is 0 Å². The number of fused-ring (bicyclic) bond motifs is 1. The normalized spacial score (nSPS) is 29.6. The first-order valence-corrected chi connectivity index (χ1v) is 7.30. The molecule has 0 bridgehead atoms. The molecular formula is C14H21N3O3. The van der Waals surface area contributed by atoms with Crippen LogP contribution in [-0.4, -0.2) is 41.3 Å². The van der Waals surface area contributed by atoms with Crippen molar-refractivity contribution in [1.82, 2.24) is 15.1 Å². The van der Waals surface area contributed by atoms with Crippen LogP contribution in [0.5, 0.6) is 0 Å². The van der Waals surface area contributed by atoms with Gasteiger partial charge in [-0.3, -0.25) is 9.69 Å². The molecule has 6 nitrogen and oxygen atoms in total. The van der Waals surface area contributed by atoms with Gasteiger partial charge in [-0.2, -0.15) is 0 Å². The van der Waals surface area contributed by atoms with Crippen LogP contribution in [0.15, 0.2) is 4.42 Å². The molecule has 2 atom stereocenters. The van der Waals surface area contributed by atoms with Crippen LogP contribution in [0.25, 0.3) is 0 Å². The minimum atomic E-state index is -0.303. The number of rotatable bonds is 4. The Hall–Kier alpha value is -1.43. The number of ether oxygens (including phenoxy) is 1. The number of aryl methyl sites for hydroxylation is 1. The molecule has 1 aliphatic heterocycles. The predicted molar refractivity (Wildman–Crippen MR) is 70.7 cm³/mol. The molecule has 1 aromatic heterocycles. The van der Waals surface area contributed by atoms with Gasteiger partial charge in [0.05, 0.1) is 19.1 Å². The van der Waals surface area contributed by atoms with E-state index in [1.165, 1.54) is 7.11 Å². The minimum Gasteiger partial charge on any atom is -0.469 e. The summed E-state index contributed by atoms with van der Waals surface area (Å²) in [5.74, 6) is 1.66. The number of hydrogen-bond donors (Lipinski definition) is 0. The first-order valence-electron chi connectivity index (χ1n) is 7.30. The Bertz CT molecular complexity index is 502. The molecule has 0 unspecified atom stereocenters. The Labute approximate surface area is 118 Å². The summed E-state index contributed by atoms with van der Waals surface area (Å²) in [5.41, 5.74) is -0.303. The van der Waals surface area contributed by atoms with Crippen LogP contribution < -0.4 is 0 Å². The smallest absolute Gasteiger partial charge is 0.313 e. The highest BCUT2D eigenvalue weighted by Gasteiger charge is 2.55. The predicted octanol–water partition coefficient (Wildman–Crippen LogP) is 1.41. The lowest BCUT2D eigenvalue weighted by atomic mass is 9.81. The van der Waals surface area contributed by atoms with Crippen LogP contribution in [0.1, 0.15) is 38.0 Å². The monoisotopic (exact) mass is 279 g/mol. The molecule has 0 amide bonds. The summed E-state index contributed by atoms with van der Waals surface area (Å²) in [5, 5.41) is 8.04. The number of likely N-dealkylation sites (tertiary alicyclic amines) is 1. The summed E-state index contributed by atoms with van der Waals surface area (Å²) in [4.78, 5) is 14.4. The molecular weight excluding hydrogens is 258 g/mol. The second-order valence-electron chi connectivity index (χ2n) is 5.85. The standard InChI is InChI=1S/C14H21N3O3/c1-3-11-15-16-12(20-11)8-17-7-10-5-4-6-14(10,9-17)13(18)19-2/h10H,3-9H2,1-2H3/t10-,14+/m1/s1. The second kappa shape index (κ2) is 5.16. The van der Waals surface area contributed by atoms with E-state index < -0.39 is 0 Å². The van der Waals surface area contributed by atoms with E-state index in [1.807, 2.05) is 6.92 Å². The highest BCUT2D eigenvalue weighted by atomic mass is 16.5. The first kappa shape index (κ1) is 13.5. The lowest BCUT2D eigenvalue weighted by Crippen LogP contribution is -2.36. The van der Waals surface area contributed by atoms with Crippen LogP contribution in [0.3, 0.4) is 0 Å². The van der Waals surface area contributed by atoms with Gasteiger partial charge in [-0.05, 0) is 18.8 Å². The van der Waals surface area contributed by atoms with Gasteiger partial charge in [-0.15, -0.1) is 10.2 Å². The van der Waals surface area contributed by atoms with Gasteiger partial charge >= 0.3 is 5.97 Å². The van der Waals surface area contributed by atoms with Crippen LogP contribution in [0, 0.1) is 11.3 Å². The van der Waals surface area contributed by atoms with Crippen molar-refractivity contribution >= 4 is 5.97 Å². The molecule has 2 aliphatic rings. The van der Waals surface area contributed by atoms with E-state index in [0.29, 0.717) is 24.2 Å². The number of nitrogens with zero attached hydrogens (tertiary/aromatic N) is 3.